The number of carbonyl (C=O) groups is 5. The van der Waals surface area contributed by atoms with E-state index < -0.39 is 58.6 Å². The Labute approximate surface area is 194 Å². The van der Waals surface area contributed by atoms with E-state index >= 15 is 0 Å². The number of nitrogens with one attached hydrogen (secondary N) is 2. The number of allylic oxidation sites excluding steroid dienone is 1. The maximum atomic E-state index is 13.0. The molecule has 182 valence electrons. The quantitative estimate of drug-likeness (QED) is 0.233. The molecule has 0 bridgehead atoms. The second-order valence-electron chi connectivity index (χ2n) is 7.77. The van der Waals surface area contributed by atoms with Crippen molar-refractivity contribution >= 4 is 51.6 Å². The molecule has 0 saturated carbocycles. The minimum Gasteiger partial charge on any atom is -0.341 e. The maximum Gasteiger partial charge on any atom is 0.362 e. The van der Waals surface area contributed by atoms with Crippen LogP contribution in [0.4, 0.5) is 4.79 Å². The monoisotopic (exact) mass is 505 g/mol. The average molecular weight is 506 g/mol. The lowest BCUT2D eigenvalue weighted by Gasteiger charge is -2.37. The molecule has 33 heavy (non-hydrogen) atoms. The van der Waals surface area contributed by atoms with E-state index in [4.69, 9.17) is 16.2 Å². The largest absolute Gasteiger partial charge is 0.362 e. The van der Waals surface area contributed by atoms with E-state index in [2.05, 4.69) is 10.6 Å². The Morgan fingerprint density at radius 2 is 1.82 bits per heavy atom. The van der Waals surface area contributed by atoms with Crippen molar-refractivity contribution in [3.05, 3.63) is 10.6 Å². The molecule has 1 aliphatic carbocycles. The summed E-state index contributed by atoms with van der Waals surface area (Å²) in [6, 6.07) is -3.53. The topological polar surface area (TPSA) is 173 Å². The zero-order valence-corrected chi connectivity index (χ0v) is 19.3. The molecule has 3 rings (SSSR count). The minimum absolute atomic E-state index is 0.0597. The van der Waals surface area contributed by atoms with Gasteiger partial charge in [0.25, 0.3) is 5.91 Å². The summed E-state index contributed by atoms with van der Waals surface area (Å²) in [6.45, 7) is 1.63. The van der Waals surface area contributed by atoms with Crippen LogP contribution in [-0.4, -0.2) is 95.0 Å². The Balaban J connectivity index is 1.76. The lowest BCUT2D eigenvalue weighted by atomic mass is 9.92. The summed E-state index contributed by atoms with van der Waals surface area (Å²) in [7, 11) is -4.73. The van der Waals surface area contributed by atoms with Gasteiger partial charge in [0.15, 0.2) is 0 Å². The van der Waals surface area contributed by atoms with Crippen molar-refractivity contribution in [1.82, 2.24) is 24.7 Å². The highest BCUT2D eigenvalue weighted by Gasteiger charge is 2.46. The molecule has 15 heteroatoms. The number of piperazine rings is 1. The van der Waals surface area contributed by atoms with Crippen molar-refractivity contribution in [2.24, 2.45) is 0 Å². The van der Waals surface area contributed by atoms with Gasteiger partial charge in [0, 0.05) is 24.7 Å². The van der Waals surface area contributed by atoms with Crippen LogP contribution in [0.5, 0.6) is 0 Å². The molecule has 3 aliphatic rings. The van der Waals surface area contributed by atoms with Crippen molar-refractivity contribution in [2.75, 3.05) is 26.2 Å². The Kier molecular flexibility index (Phi) is 7.29. The van der Waals surface area contributed by atoms with Gasteiger partial charge in [-0.15, -0.1) is 0 Å². The minimum atomic E-state index is -4.73. The SMILES string of the molecule is CCN1CCN(C(=O)NC(C(=O)NC2CN(S(=O)(=O)O)C2=O)C2=C(Cl)CCCC2)C(=O)C1=O. The molecule has 2 saturated heterocycles. The first-order chi connectivity index (χ1) is 15.5. The van der Waals surface area contributed by atoms with Crippen LogP contribution in [-0.2, 0) is 29.5 Å². The number of amides is 6. The van der Waals surface area contributed by atoms with Gasteiger partial charge in [-0.1, -0.05) is 11.6 Å². The molecular weight excluding hydrogens is 482 g/mol. The van der Waals surface area contributed by atoms with E-state index in [0.717, 1.165) is 6.42 Å². The summed E-state index contributed by atoms with van der Waals surface area (Å²) in [5.74, 6) is -3.73. The van der Waals surface area contributed by atoms with E-state index in [1.807, 2.05) is 0 Å². The summed E-state index contributed by atoms with van der Waals surface area (Å²) in [4.78, 5) is 64.2. The van der Waals surface area contributed by atoms with Gasteiger partial charge in [0.05, 0.1) is 6.54 Å². The molecule has 0 aromatic rings. The molecule has 2 heterocycles. The smallest absolute Gasteiger partial charge is 0.341 e. The van der Waals surface area contributed by atoms with Crippen LogP contribution in [0.15, 0.2) is 10.6 Å². The van der Waals surface area contributed by atoms with Gasteiger partial charge in [-0.25, -0.2) is 9.10 Å². The third-order valence-electron chi connectivity index (χ3n) is 5.74. The van der Waals surface area contributed by atoms with Crippen molar-refractivity contribution in [2.45, 2.75) is 44.7 Å². The van der Waals surface area contributed by atoms with Crippen LogP contribution in [0.1, 0.15) is 32.6 Å². The third kappa shape index (κ3) is 5.12. The van der Waals surface area contributed by atoms with Gasteiger partial charge in [-0.05, 0) is 38.2 Å². The fourth-order valence-electron chi connectivity index (χ4n) is 3.84. The highest BCUT2D eigenvalue weighted by Crippen LogP contribution is 2.30. The van der Waals surface area contributed by atoms with Crippen LogP contribution < -0.4 is 10.6 Å². The van der Waals surface area contributed by atoms with Crippen molar-refractivity contribution < 1.29 is 36.9 Å². The second kappa shape index (κ2) is 9.65. The van der Waals surface area contributed by atoms with Gasteiger partial charge in [-0.3, -0.25) is 28.6 Å². The van der Waals surface area contributed by atoms with E-state index in [0.29, 0.717) is 41.3 Å². The number of nitrogens with zero attached hydrogens (tertiary/aromatic N) is 3. The summed E-state index contributed by atoms with van der Waals surface area (Å²) in [6.07, 6.45) is 2.32. The highest BCUT2D eigenvalue weighted by molar-refractivity contribution is 7.84. The number of carbonyl (C=O) groups excluding carboxylic acids is 5. The van der Waals surface area contributed by atoms with Crippen LogP contribution in [0.3, 0.4) is 0 Å². The van der Waals surface area contributed by atoms with E-state index in [9.17, 15) is 32.4 Å². The molecule has 2 fully saturated rings. The number of likely N-dealkylation sites (N-methyl/N-ethyl adjacent to an activating group) is 1. The lowest BCUT2D eigenvalue weighted by molar-refractivity contribution is -0.153. The van der Waals surface area contributed by atoms with E-state index in [1.165, 1.54) is 4.90 Å². The molecule has 0 spiro atoms. The molecule has 2 atom stereocenters. The predicted octanol–water partition coefficient (Wildman–Crippen LogP) is -1.05. The van der Waals surface area contributed by atoms with Gasteiger partial charge >= 0.3 is 28.1 Å². The average Bonchev–Trinajstić information content (AvgIpc) is 2.75. The standard InChI is InChI=1S/C18H24ClN5O8S/c1-2-22-7-8-23(17(28)16(22)27)18(29)21-13(10-5-3-4-6-11(10)19)14(25)20-12-9-24(15(12)26)33(30,31)32/h12-13H,2-9H2,1H3,(H,20,25)(H,21,29)(H,30,31,32). The highest BCUT2D eigenvalue weighted by atomic mass is 35.5. The van der Waals surface area contributed by atoms with Crippen LogP contribution >= 0.6 is 11.6 Å². The first-order valence-electron chi connectivity index (χ1n) is 10.3. The Hall–Kier alpha value is -2.71. The van der Waals surface area contributed by atoms with Crippen molar-refractivity contribution in [1.29, 1.82) is 0 Å². The van der Waals surface area contributed by atoms with Crippen molar-refractivity contribution in [3.8, 4) is 0 Å². The van der Waals surface area contributed by atoms with Crippen LogP contribution in [0.2, 0.25) is 0 Å². The molecule has 6 amide bonds. The Bertz CT molecular complexity index is 1030. The zero-order valence-electron chi connectivity index (χ0n) is 17.7. The van der Waals surface area contributed by atoms with Gasteiger partial charge in [-0.2, -0.15) is 8.42 Å². The third-order valence-corrected chi connectivity index (χ3v) is 7.06. The first kappa shape index (κ1) is 24.9. The molecule has 0 aromatic carbocycles. The number of imide groups is 1. The van der Waals surface area contributed by atoms with Crippen LogP contribution in [0, 0.1) is 0 Å². The van der Waals surface area contributed by atoms with Gasteiger partial charge in [0.2, 0.25) is 5.91 Å². The number of rotatable bonds is 6. The lowest BCUT2D eigenvalue weighted by Crippen LogP contribution is -2.67. The molecule has 0 aromatic heterocycles. The normalized spacial score (nSPS) is 22.8. The van der Waals surface area contributed by atoms with Crippen LogP contribution in [0.25, 0.3) is 0 Å². The fraction of sp³-hybridized carbons (Fsp3) is 0.611. The molecule has 0 radical (unpaired) electrons. The van der Waals surface area contributed by atoms with E-state index in [-0.39, 0.29) is 17.4 Å². The van der Waals surface area contributed by atoms with Crippen molar-refractivity contribution in [3.63, 3.8) is 0 Å². The number of hydrogen-bond acceptors (Lipinski definition) is 7. The molecule has 2 aliphatic heterocycles. The second-order valence-corrected chi connectivity index (χ2v) is 9.56. The summed E-state index contributed by atoms with van der Waals surface area (Å²) in [5, 5.41) is 5.13. The maximum absolute atomic E-state index is 13.0. The molecule has 2 unspecified atom stereocenters. The Morgan fingerprint density at radius 3 is 2.39 bits per heavy atom. The van der Waals surface area contributed by atoms with E-state index in [1.54, 1.807) is 6.92 Å². The zero-order chi connectivity index (χ0) is 24.5. The van der Waals surface area contributed by atoms with Gasteiger partial charge < -0.3 is 15.5 Å². The predicted molar refractivity (Wildman–Crippen MR) is 113 cm³/mol. The summed E-state index contributed by atoms with van der Waals surface area (Å²) >= 11 is 6.30. The Morgan fingerprint density at radius 1 is 1.15 bits per heavy atom. The summed E-state index contributed by atoms with van der Waals surface area (Å²) in [5.41, 5.74) is 0.401. The van der Waals surface area contributed by atoms with Gasteiger partial charge in [0.1, 0.15) is 12.1 Å². The molecule has 13 nitrogen and oxygen atoms in total. The fourth-order valence-corrected chi connectivity index (χ4v) is 4.87. The summed E-state index contributed by atoms with van der Waals surface area (Å²) < 4.78 is 31.4. The first-order valence-corrected chi connectivity index (χ1v) is 12.1. The number of hydrogen-bond donors (Lipinski definition) is 3. The number of halogens is 1. The number of urea groups is 1. The molecule has 3 N–H and O–H groups in total. The number of β-lactam (4-membered cyclic amide) rings is 1. The molecular formula is C18H24ClN5O8S.